The summed E-state index contributed by atoms with van der Waals surface area (Å²) in [5.41, 5.74) is 3.60. The van der Waals surface area contributed by atoms with Crippen LogP contribution in [0.5, 0.6) is 11.5 Å². The predicted molar refractivity (Wildman–Crippen MR) is 148 cm³/mol. The van der Waals surface area contributed by atoms with Gasteiger partial charge in [-0.2, -0.15) is 0 Å². The first-order valence-electron chi connectivity index (χ1n) is 14.5. The Morgan fingerprint density at radius 3 is 2.11 bits per heavy atom. The maximum atomic E-state index is 14.5. The van der Waals surface area contributed by atoms with Gasteiger partial charge in [-0.3, -0.25) is 0 Å². The maximum Gasteiger partial charge on any atom is 0.184 e. The Bertz CT molecular complexity index is 1000. The van der Waals surface area contributed by atoms with Crippen LogP contribution in [0.25, 0.3) is 0 Å². The van der Waals surface area contributed by atoms with Crippen LogP contribution in [0.15, 0.2) is 30.3 Å². The van der Waals surface area contributed by atoms with E-state index >= 15 is 0 Å². The van der Waals surface area contributed by atoms with E-state index in [2.05, 4.69) is 24.5 Å². The van der Waals surface area contributed by atoms with Gasteiger partial charge in [-0.1, -0.05) is 77.7 Å². The van der Waals surface area contributed by atoms with E-state index in [9.17, 15) is 8.78 Å². The van der Waals surface area contributed by atoms with Crippen molar-refractivity contribution >= 4 is 5.71 Å². The summed E-state index contributed by atoms with van der Waals surface area (Å²) in [4.78, 5) is 0. The van der Waals surface area contributed by atoms with Crippen LogP contribution in [-0.4, -0.2) is 30.5 Å². The first-order chi connectivity index (χ1) is 18.1. The number of nitrogens with zero attached hydrogens (tertiary/aromatic N) is 1. The van der Waals surface area contributed by atoms with Gasteiger partial charge in [-0.15, -0.1) is 0 Å². The lowest BCUT2D eigenvalue weighted by Crippen LogP contribution is -3.00. The molecule has 3 nitrogen and oxygen atoms in total. The fourth-order valence-corrected chi connectivity index (χ4v) is 5.29. The number of hydrogen-bond donors (Lipinski definition) is 0. The first kappa shape index (κ1) is 32.5. The van der Waals surface area contributed by atoms with Crippen LogP contribution >= 0.6 is 0 Å². The SMILES string of the molecule is CCCCCCCCOc1c(OC)ccc2c1CC[N+](Cc1c(F)cccc1F)=C2CCCCCCC.[I-]. The van der Waals surface area contributed by atoms with Crippen molar-refractivity contribution in [1.29, 1.82) is 0 Å². The minimum absolute atomic E-state index is 0. The number of fused-ring (bicyclic) bond motifs is 1. The van der Waals surface area contributed by atoms with Crippen molar-refractivity contribution in [2.24, 2.45) is 0 Å². The standard InChI is InChI=1S/C32H46F2NO2.HI/c1-4-6-8-10-12-14-23-37-32-26-21-22-35(24-27-28(33)16-15-17-29(27)34)30(18-13-11-9-7-5-2)25(26)19-20-31(32)36-3;/h15-17,19-20H,4-14,18,21-24H2,1-3H3;1H/q+1;/p-1. The third-order valence-electron chi connectivity index (χ3n) is 7.44. The van der Waals surface area contributed by atoms with Crippen LogP contribution in [-0.2, 0) is 13.0 Å². The van der Waals surface area contributed by atoms with Gasteiger partial charge < -0.3 is 33.5 Å². The molecule has 0 amide bonds. The van der Waals surface area contributed by atoms with Gasteiger partial charge in [0, 0.05) is 24.0 Å². The van der Waals surface area contributed by atoms with Crippen LogP contribution in [0.2, 0.25) is 0 Å². The Morgan fingerprint density at radius 2 is 1.45 bits per heavy atom. The van der Waals surface area contributed by atoms with Crippen LogP contribution < -0.4 is 33.5 Å². The van der Waals surface area contributed by atoms with Gasteiger partial charge in [0.15, 0.2) is 23.8 Å². The van der Waals surface area contributed by atoms with Gasteiger partial charge in [0.05, 0.1) is 19.3 Å². The topological polar surface area (TPSA) is 21.5 Å². The molecule has 0 atom stereocenters. The summed E-state index contributed by atoms with van der Waals surface area (Å²) in [6.45, 7) is 6.07. The average molecular weight is 642 g/mol. The Morgan fingerprint density at radius 1 is 0.816 bits per heavy atom. The monoisotopic (exact) mass is 641 g/mol. The Kier molecular flexibility index (Phi) is 15.2. The molecule has 1 aliphatic heterocycles. The van der Waals surface area contributed by atoms with Crippen molar-refractivity contribution in [2.75, 3.05) is 20.3 Å². The molecule has 3 rings (SSSR count). The molecule has 0 saturated heterocycles. The molecule has 38 heavy (non-hydrogen) atoms. The molecule has 0 radical (unpaired) electrons. The molecule has 0 N–H and O–H groups in total. The molecule has 0 unspecified atom stereocenters. The van der Waals surface area contributed by atoms with Gasteiger partial charge in [0.2, 0.25) is 0 Å². The first-order valence-corrected chi connectivity index (χ1v) is 14.5. The molecular formula is C32H46F2INO2. The summed E-state index contributed by atoms with van der Waals surface area (Å²) in [7, 11) is 1.69. The highest BCUT2D eigenvalue weighted by Crippen LogP contribution is 2.37. The molecule has 2 aromatic rings. The van der Waals surface area contributed by atoms with Crippen molar-refractivity contribution in [1.82, 2.24) is 0 Å². The van der Waals surface area contributed by atoms with Crippen molar-refractivity contribution in [3.05, 3.63) is 58.7 Å². The van der Waals surface area contributed by atoms with E-state index in [1.165, 1.54) is 75.1 Å². The molecule has 0 bridgehead atoms. The zero-order chi connectivity index (χ0) is 26.5. The summed E-state index contributed by atoms with van der Waals surface area (Å²) < 4.78 is 43.3. The zero-order valence-corrected chi connectivity index (χ0v) is 25.8. The van der Waals surface area contributed by atoms with Crippen LogP contribution in [0.4, 0.5) is 8.78 Å². The van der Waals surface area contributed by atoms with Crippen LogP contribution in [0.1, 0.15) is 108 Å². The fourth-order valence-electron chi connectivity index (χ4n) is 5.29. The van der Waals surface area contributed by atoms with Crippen molar-refractivity contribution < 1.29 is 46.8 Å². The molecule has 212 valence electrons. The predicted octanol–water partition coefficient (Wildman–Crippen LogP) is 5.64. The second-order valence-corrected chi connectivity index (χ2v) is 10.2. The Balaban J connectivity index is 0.00000507. The molecule has 1 aliphatic rings. The minimum Gasteiger partial charge on any atom is -1.00 e. The van der Waals surface area contributed by atoms with E-state index in [1.807, 2.05) is 6.07 Å². The van der Waals surface area contributed by atoms with Gasteiger partial charge in [0.25, 0.3) is 0 Å². The molecule has 0 aromatic heterocycles. The molecule has 6 heteroatoms. The third-order valence-corrected chi connectivity index (χ3v) is 7.44. The molecule has 0 fully saturated rings. The largest absolute Gasteiger partial charge is 1.00 e. The van der Waals surface area contributed by atoms with Crippen LogP contribution in [0, 0.1) is 11.6 Å². The fraction of sp³-hybridized carbons (Fsp3) is 0.594. The third kappa shape index (κ3) is 9.20. The lowest BCUT2D eigenvalue weighted by Gasteiger charge is -2.23. The summed E-state index contributed by atoms with van der Waals surface area (Å²) in [5, 5.41) is 0. The summed E-state index contributed by atoms with van der Waals surface area (Å²) in [6.07, 6.45) is 14.8. The molecular weight excluding hydrogens is 595 g/mol. The molecule has 0 aliphatic carbocycles. The summed E-state index contributed by atoms with van der Waals surface area (Å²) in [6, 6.07) is 8.22. The highest BCUT2D eigenvalue weighted by molar-refractivity contribution is 5.99. The normalized spacial score (nSPS) is 12.8. The number of rotatable bonds is 17. The van der Waals surface area contributed by atoms with Crippen molar-refractivity contribution in [3.63, 3.8) is 0 Å². The van der Waals surface area contributed by atoms with Gasteiger partial charge in [-0.25, -0.2) is 13.4 Å². The van der Waals surface area contributed by atoms with E-state index in [1.54, 1.807) is 7.11 Å². The highest BCUT2D eigenvalue weighted by atomic mass is 127. The molecule has 0 saturated carbocycles. The van der Waals surface area contributed by atoms with Gasteiger partial charge >= 0.3 is 0 Å². The highest BCUT2D eigenvalue weighted by Gasteiger charge is 2.30. The van der Waals surface area contributed by atoms with E-state index in [-0.39, 0.29) is 36.1 Å². The minimum atomic E-state index is -0.481. The smallest absolute Gasteiger partial charge is 0.184 e. The lowest BCUT2D eigenvalue weighted by atomic mass is 9.91. The molecule has 1 heterocycles. The lowest BCUT2D eigenvalue weighted by molar-refractivity contribution is -0.546. The number of halogens is 3. The van der Waals surface area contributed by atoms with Gasteiger partial charge in [0.1, 0.15) is 18.2 Å². The van der Waals surface area contributed by atoms with Crippen LogP contribution in [0.3, 0.4) is 0 Å². The van der Waals surface area contributed by atoms with E-state index in [4.69, 9.17) is 9.47 Å². The second kappa shape index (κ2) is 17.8. The number of ether oxygens (including phenoxy) is 2. The van der Waals surface area contributed by atoms with E-state index < -0.39 is 11.6 Å². The molecule has 2 aromatic carbocycles. The average Bonchev–Trinajstić information content (AvgIpc) is 2.90. The quantitative estimate of drug-likeness (QED) is 0.127. The molecule has 0 spiro atoms. The van der Waals surface area contributed by atoms with Crippen molar-refractivity contribution in [2.45, 2.75) is 104 Å². The number of methoxy groups -OCH3 is 1. The second-order valence-electron chi connectivity index (χ2n) is 10.2. The zero-order valence-electron chi connectivity index (χ0n) is 23.6. The Hall–Kier alpha value is -1.70. The number of hydrogen-bond acceptors (Lipinski definition) is 2. The van der Waals surface area contributed by atoms with E-state index in [0.717, 1.165) is 54.9 Å². The summed E-state index contributed by atoms with van der Waals surface area (Å²) in [5.74, 6) is 0.644. The van der Waals surface area contributed by atoms with Gasteiger partial charge in [-0.05, 0) is 37.1 Å². The van der Waals surface area contributed by atoms with E-state index in [0.29, 0.717) is 13.2 Å². The summed E-state index contributed by atoms with van der Waals surface area (Å²) >= 11 is 0. The Labute approximate surface area is 246 Å². The maximum absolute atomic E-state index is 14.5. The van der Waals surface area contributed by atoms with Crippen molar-refractivity contribution in [3.8, 4) is 11.5 Å². The number of benzene rings is 2. The number of unbranched alkanes of at least 4 members (excludes halogenated alkanes) is 9.